The average molecular weight is 772 g/mol. The maximum absolute atomic E-state index is 2.37. The van der Waals surface area contributed by atoms with Crippen LogP contribution in [0.15, 0.2) is 218 Å². The molecule has 3 nitrogen and oxygen atoms in total. The number of fused-ring (bicyclic) bond motifs is 6. The quantitative estimate of drug-likeness (QED) is 0.164. The summed E-state index contributed by atoms with van der Waals surface area (Å²) in [5, 5.41) is 5.08. The lowest BCUT2D eigenvalue weighted by Gasteiger charge is -2.26. The Morgan fingerprint density at radius 2 is 0.567 bits per heavy atom. The molecule has 3 heteroatoms. The topological polar surface area (TPSA) is 13.1 Å². The van der Waals surface area contributed by atoms with Crippen LogP contribution in [0.1, 0.15) is 16.7 Å². The van der Waals surface area contributed by atoms with Gasteiger partial charge >= 0.3 is 0 Å². The Morgan fingerprint density at radius 1 is 0.283 bits per heavy atom. The van der Waals surface area contributed by atoms with Gasteiger partial charge in [0, 0.05) is 50.0 Å². The van der Waals surface area contributed by atoms with Gasteiger partial charge in [0.05, 0.1) is 22.1 Å². The molecule has 0 amide bonds. The molecule has 0 N–H and O–H groups in total. The molecule has 0 aliphatic heterocycles. The zero-order valence-corrected chi connectivity index (χ0v) is 34.1. The van der Waals surface area contributed by atoms with Crippen molar-refractivity contribution >= 4 is 60.7 Å². The van der Waals surface area contributed by atoms with Crippen LogP contribution in [0.2, 0.25) is 0 Å². The number of aromatic nitrogens is 2. The predicted octanol–water partition coefficient (Wildman–Crippen LogP) is 15.6. The standard InChI is InChI=1S/C43H31N3.C14H14/c1-30-18-20-31(21-19-30)44(32-22-26-34(27-23-32)45-40-14-6-2-10-36(40)37-11-3-7-15-41(37)45)33-24-28-35(29-25-33)46-42-16-8-4-12-38(42)39-13-5-9-17-43(39)46;1-11-7-3-5-9-13(11)14-10-6-4-8-12(14)2/h2-29H,1H3;3-10H,1-2H3. The summed E-state index contributed by atoms with van der Waals surface area (Å²) in [4.78, 5) is 2.34. The van der Waals surface area contributed by atoms with Gasteiger partial charge in [-0.2, -0.15) is 0 Å². The first kappa shape index (κ1) is 36.7. The largest absolute Gasteiger partial charge is 0.311 e. The van der Waals surface area contributed by atoms with Gasteiger partial charge in [0.15, 0.2) is 0 Å². The molecule has 2 heterocycles. The molecule has 11 aromatic rings. The van der Waals surface area contributed by atoms with Gasteiger partial charge in [-0.3, -0.25) is 0 Å². The number of nitrogens with zero attached hydrogens (tertiary/aromatic N) is 3. The summed E-state index contributed by atoms with van der Waals surface area (Å²) in [5.74, 6) is 0. The van der Waals surface area contributed by atoms with Crippen molar-refractivity contribution in [2.75, 3.05) is 4.90 Å². The van der Waals surface area contributed by atoms with Gasteiger partial charge < -0.3 is 14.0 Å². The van der Waals surface area contributed by atoms with Crippen molar-refractivity contribution in [3.63, 3.8) is 0 Å². The van der Waals surface area contributed by atoms with E-state index in [1.54, 1.807) is 0 Å². The highest BCUT2D eigenvalue weighted by Gasteiger charge is 2.17. The summed E-state index contributed by atoms with van der Waals surface area (Å²) in [5.41, 5.74) is 17.1. The van der Waals surface area contributed by atoms with E-state index in [1.807, 2.05) is 0 Å². The zero-order chi connectivity index (χ0) is 40.6. The highest BCUT2D eigenvalue weighted by atomic mass is 15.1. The minimum Gasteiger partial charge on any atom is -0.311 e. The molecule has 0 fully saturated rings. The number of anilines is 3. The van der Waals surface area contributed by atoms with Gasteiger partial charge in [0.25, 0.3) is 0 Å². The molecule has 0 spiro atoms. The third kappa shape index (κ3) is 6.60. The molecule has 0 saturated carbocycles. The van der Waals surface area contributed by atoms with Crippen LogP contribution in [0.25, 0.3) is 66.1 Å². The van der Waals surface area contributed by atoms with E-state index in [4.69, 9.17) is 0 Å². The van der Waals surface area contributed by atoms with Crippen LogP contribution < -0.4 is 4.90 Å². The summed E-state index contributed by atoms with van der Waals surface area (Å²) >= 11 is 0. The summed E-state index contributed by atoms with van der Waals surface area (Å²) in [6.07, 6.45) is 0. The van der Waals surface area contributed by atoms with Crippen molar-refractivity contribution in [2.24, 2.45) is 0 Å². The van der Waals surface area contributed by atoms with Crippen LogP contribution in [0.3, 0.4) is 0 Å². The summed E-state index contributed by atoms with van der Waals surface area (Å²) in [6.45, 7) is 6.44. The molecule has 0 saturated heterocycles. The van der Waals surface area contributed by atoms with E-state index in [2.05, 4.69) is 253 Å². The first-order chi connectivity index (χ1) is 29.5. The number of rotatable bonds is 6. The second-order valence-electron chi connectivity index (χ2n) is 15.6. The van der Waals surface area contributed by atoms with Gasteiger partial charge in [0.2, 0.25) is 0 Å². The lowest BCUT2D eigenvalue weighted by molar-refractivity contribution is 1.17. The number of benzene rings is 9. The van der Waals surface area contributed by atoms with E-state index in [-0.39, 0.29) is 0 Å². The Morgan fingerprint density at radius 3 is 0.900 bits per heavy atom. The van der Waals surface area contributed by atoms with Crippen molar-refractivity contribution < 1.29 is 0 Å². The van der Waals surface area contributed by atoms with E-state index in [0.29, 0.717) is 0 Å². The lowest BCUT2D eigenvalue weighted by Crippen LogP contribution is -2.10. The maximum atomic E-state index is 2.37. The van der Waals surface area contributed by atoms with Crippen molar-refractivity contribution in [3.8, 4) is 22.5 Å². The highest BCUT2D eigenvalue weighted by Crippen LogP contribution is 2.39. The van der Waals surface area contributed by atoms with Crippen LogP contribution in [0.5, 0.6) is 0 Å². The molecule has 0 unspecified atom stereocenters. The molecule has 0 bridgehead atoms. The fourth-order valence-corrected chi connectivity index (χ4v) is 8.79. The summed E-state index contributed by atoms with van der Waals surface area (Å²) in [6, 6.07) is 78.3. The maximum Gasteiger partial charge on any atom is 0.0541 e. The van der Waals surface area contributed by atoms with Gasteiger partial charge in [-0.15, -0.1) is 0 Å². The normalized spacial score (nSPS) is 11.2. The van der Waals surface area contributed by atoms with E-state index in [0.717, 1.165) is 28.4 Å². The van der Waals surface area contributed by atoms with Crippen molar-refractivity contribution in [1.29, 1.82) is 0 Å². The molecule has 0 aliphatic carbocycles. The molecular formula is C57H45N3. The van der Waals surface area contributed by atoms with E-state index >= 15 is 0 Å². The predicted molar refractivity (Wildman–Crippen MR) is 256 cm³/mol. The van der Waals surface area contributed by atoms with Crippen molar-refractivity contribution in [1.82, 2.24) is 9.13 Å². The van der Waals surface area contributed by atoms with Crippen LogP contribution in [-0.2, 0) is 0 Å². The number of hydrogen-bond acceptors (Lipinski definition) is 1. The number of hydrogen-bond donors (Lipinski definition) is 0. The number of aryl methyl sites for hydroxylation is 3. The molecule has 60 heavy (non-hydrogen) atoms. The Kier molecular flexibility index (Phi) is 9.55. The average Bonchev–Trinajstić information content (AvgIpc) is 3.82. The molecule has 2 aromatic heterocycles. The van der Waals surface area contributed by atoms with Gasteiger partial charge in [-0.1, -0.05) is 139 Å². The molecule has 0 radical (unpaired) electrons. The smallest absolute Gasteiger partial charge is 0.0541 e. The SMILES string of the molecule is Cc1ccc(N(c2ccc(-n3c4ccccc4c4ccccc43)cc2)c2ccc(-n3c4ccccc4c4ccccc43)cc2)cc1.Cc1ccccc1-c1ccccc1C. The van der Waals surface area contributed by atoms with Crippen LogP contribution in [-0.4, -0.2) is 9.13 Å². The zero-order valence-electron chi connectivity index (χ0n) is 34.1. The summed E-state index contributed by atoms with van der Waals surface area (Å²) < 4.78 is 4.73. The third-order valence-electron chi connectivity index (χ3n) is 11.8. The van der Waals surface area contributed by atoms with Crippen molar-refractivity contribution in [2.45, 2.75) is 20.8 Å². The fraction of sp³-hybridized carbons (Fsp3) is 0.0526. The molecular weight excluding hydrogens is 727 g/mol. The first-order valence-electron chi connectivity index (χ1n) is 20.7. The van der Waals surface area contributed by atoms with E-state index < -0.39 is 0 Å². The highest BCUT2D eigenvalue weighted by molar-refractivity contribution is 6.10. The molecule has 11 rings (SSSR count). The van der Waals surface area contributed by atoms with Gasteiger partial charge in [-0.25, -0.2) is 0 Å². The third-order valence-corrected chi connectivity index (χ3v) is 11.8. The Hall–Kier alpha value is -7.62. The molecule has 9 aromatic carbocycles. The monoisotopic (exact) mass is 771 g/mol. The molecule has 288 valence electrons. The van der Waals surface area contributed by atoms with Crippen molar-refractivity contribution in [3.05, 3.63) is 235 Å². The second kappa shape index (κ2) is 15.6. The molecule has 0 atom stereocenters. The van der Waals surface area contributed by atoms with Crippen LogP contribution >= 0.6 is 0 Å². The van der Waals surface area contributed by atoms with Gasteiger partial charge in [-0.05, 0) is 128 Å². The van der Waals surface area contributed by atoms with Crippen LogP contribution in [0.4, 0.5) is 17.1 Å². The minimum absolute atomic E-state index is 1.11. The molecule has 0 aliphatic rings. The minimum atomic E-state index is 1.11. The summed E-state index contributed by atoms with van der Waals surface area (Å²) in [7, 11) is 0. The van der Waals surface area contributed by atoms with Gasteiger partial charge in [0.1, 0.15) is 0 Å². The lowest BCUT2D eigenvalue weighted by atomic mass is 9.97. The van der Waals surface area contributed by atoms with Crippen LogP contribution in [0, 0.1) is 20.8 Å². The Bertz CT molecular complexity index is 2970. The fourth-order valence-electron chi connectivity index (χ4n) is 8.79. The number of para-hydroxylation sites is 4. The first-order valence-corrected chi connectivity index (χ1v) is 20.7. The van der Waals surface area contributed by atoms with E-state index in [9.17, 15) is 0 Å². The Balaban J connectivity index is 0.000000262. The second-order valence-corrected chi connectivity index (χ2v) is 15.6. The van der Waals surface area contributed by atoms with E-state index in [1.165, 1.54) is 71.4 Å². The Labute approximate surface area is 351 Å².